The van der Waals surface area contributed by atoms with Crippen LogP contribution in [0, 0.1) is 11.8 Å². The number of carbonyl (C=O) groups excluding carboxylic acids is 1. The SMILES string of the molecule is O=C(O)C1CC1C(=O)N1CCCc2sccc2C1. The van der Waals surface area contributed by atoms with Gasteiger partial charge >= 0.3 is 5.97 Å². The van der Waals surface area contributed by atoms with E-state index in [1.54, 1.807) is 11.3 Å². The van der Waals surface area contributed by atoms with Crippen LogP contribution < -0.4 is 0 Å². The lowest BCUT2D eigenvalue weighted by molar-refractivity contribution is -0.142. The second-order valence-corrected chi connectivity index (χ2v) is 6.02. The minimum Gasteiger partial charge on any atom is -0.481 e. The molecule has 0 bridgehead atoms. The predicted octanol–water partition coefficient (Wildman–Crippen LogP) is 1.74. The van der Waals surface area contributed by atoms with E-state index in [9.17, 15) is 9.59 Å². The Balaban J connectivity index is 1.70. The Labute approximate surface area is 109 Å². The quantitative estimate of drug-likeness (QED) is 0.886. The number of carboxylic acid groups (broad SMARTS) is 1. The van der Waals surface area contributed by atoms with Gasteiger partial charge in [0.05, 0.1) is 11.8 Å². The van der Waals surface area contributed by atoms with Gasteiger partial charge in [0.25, 0.3) is 0 Å². The Morgan fingerprint density at radius 3 is 2.94 bits per heavy atom. The summed E-state index contributed by atoms with van der Waals surface area (Å²) in [5, 5.41) is 10.9. The number of carboxylic acids is 1. The van der Waals surface area contributed by atoms with Gasteiger partial charge in [0.1, 0.15) is 0 Å². The normalized spacial score (nSPS) is 26.3. The van der Waals surface area contributed by atoms with Crippen molar-refractivity contribution in [3.63, 3.8) is 0 Å². The van der Waals surface area contributed by atoms with E-state index in [0.29, 0.717) is 13.0 Å². The molecule has 2 aliphatic rings. The van der Waals surface area contributed by atoms with Gasteiger partial charge in [-0.15, -0.1) is 11.3 Å². The van der Waals surface area contributed by atoms with Crippen LogP contribution in [-0.4, -0.2) is 28.4 Å². The van der Waals surface area contributed by atoms with E-state index in [4.69, 9.17) is 5.11 Å². The molecule has 2 atom stereocenters. The number of fused-ring (bicyclic) bond motifs is 1. The molecule has 1 aliphatic carbocycles. The molecule has 1 aromatic heterocycles. The van der Waals surface area contributed by atoms with Crippen molar-refractivity contribution in [1.82, 2.24) is 4.90 Å². The summed E-state index contributed by atoms with van der Waals surface area (Å²) in [7, 11) is 0. The minimum atomic E-state index is -0.834. The van der Waals surface area contributed by atoms with E-state index < -0.39 is 11.9 Å². The van der Waals surface area contributed by atoms with Crippen LogP contribution in [0.4, 0.5) is 0 Å². The summed E-state index contributed by atoms with van der Waals surface area (Å²) in [5.41, 5.74) is 1.23. The van der Waals surface area contributed by atoms with E-state index in [0.717, 1.165) is 19.4 Å². The van der Waals surface area contributed by atoms with Gasteiger partial charge < -0.3 is 10.0 Å². The number of carbonyl (C=O) groups is 2. The summed E-state index contributed by atoms with van der Waals surface area (Å²) in [5.74, 6) is -1.52. The van der Waals surface area contributed by atoms with Crippen molar-refractivity contribution in [3.05, 3.63) is 21.9 Å². The molecule has 18 heavy (non-hydrogen) atoms. The number of aryl methyl sites for hydroxylation is 1. The Bertz CT molecular complexity index is 496. The highest BCUT2D eigenvalue weighted by Gasteiger charge is 2.49. The Hall–Kier alpha value is -1.36. The first-order valence-electron chi connectivity index (χ1n) is 6.23. The highest BCUT2D eigenvalue weighted by Crippen LogP contribution is 2.40. The zero-order valence-electron chi connectivity index (χ0n) is 9.96. The van der Waals surface area contributed by atoms with Crippen LogP contribution >= 0.6 is 11.3 Å². The number of hydrogen-bond acceptors (Lipinski definition) is 3. The van der Waals surface area contributed by atoms with Crippen LogP contribution in [0.15, 0.2) is 11.4 Å². The molecule has 3 rings (SSSR count). The van der Waals surface area contributed by atoms with Crippen molar-refractivity contribution in [1.29, 1.82) is 0 Å². The first-order valence-corrected chi connectivity index (χ1v) is 7.11. The molecule has 0 aromatic carbocycles. The molecular weight excluding hydrogens is 250 g/mol. The monoisotopic (exact) mass is 265 g/mol. The molecule has 1 aromatic rings. The highest BCUT2D eigenvalue weighted by molar-refractivity contribution is 7.10. The van der Waals surface area contributed by atoms with E-state index in [-0.39, 0.29) is 11.8 Å². The number of rotatable bonds is 2. The fourth-order valence-electron chi connectivity index (χ4n) is 2.61. The third-order valence-electron chi connectivity index (χ3n) is 3.77. The number of aliphatic carboxylic acids is 1. The van der Waals surface area contributed by atoms with Gasteiger partial charge in [-0.3, -0.25) is 9.59 Å². The molecule has 1 amide bonds. The molecule has 2 heterocycles. The lowest BCUT2D eigenvalue weighted by Gasteiger charge is -2.20. The summed E-state index contributed by atoms with van der Waals surface area (Å²) < 4.78 is 0. The molecule has 1 saturated carbocycles. The van der Waals surface area contributed by atoms with Gasteiger partial charge in [0.15, 0.2) is 0 Å². The van der Waals surface area contributed by atoms with Gasteiger partial charge in [-0.1, -0.05) is 0 Å². The van der Waals surface area contributed by atoms with Crippen LogP contribution in [0.3, 0.4) is 0 Å². The minimum absolute atomic E-state index is 0.0291. The molecule has 5 heteroatoms. The molecule has 96 valence electrons. The third kappa shape index (κ3) is 2.03. The van der Waals surface area contributed by atoms with Crippen LogP contribution in [-0.2, 0) is 22.6 Å². The van der Waals surface area contributed by atoms with E-state index in [1.165, 1.54) is 10.4 Å². The van der Waals surface area contributed by atoms with Crippen LogP contribution in [0.25, 0.3) is 0 Å². The summed E-state index contributed by atoms with van der Waals surface area (Å²) in [4.78, 5) is 26.3. The van der Waals surface area contributed by atoms with Crippen molar-refractivity contribution in [2.75, 3.05) is 6.54 Å². The smallest absolute Gasteiger partial charge is 0.307 e. The van der Waals surface area contributed by atoms with E-state index in [2.05, 4.69) is 11.4 Å². The first kappa shape index (κ1) is 11.7. The predicted molar refractivity (Wildman–Crippen MR) is 67.3 cm³/mol. The summed E-state index contributed by atoms with van der Waals surface area (Å²) >= 11 is 1.75. The zero-order chi connectivity index (χ0) is 12.7. The van der Waals surface area contributed by atoms with Crippen molar-refractivity contribution < 1.29 is 14.7 Å². The standard InChI is InChI=1S/C13H15NO3S/c15-12(9-6-10(9)13(16)17)14-4-1-2-11-8(7-14)3-5-18-11/h3,5,9-10H,1-2,4,6-7H2,(H,16,17). The molecule has 1 fully saturated rings. The largest absolute Gasteiger partial charge is 0.481 e. The molecular formula is C13H15NO3S. The molecule has 0 saturated heterocycles. The van der Waals surface area contributed by atoms with Gasteiger partial charge in [0.2, 0.25) is 5.91 Å². The fourth-order valence-corrected chi connectivity index (χ4v) is 3.55. The van der Waals surface area contributed by atoms with Crippen molar-refractivity contribution in [2.24, 2.45) is 11.8 Å². The molecule has 1 aliphatic heterocycles. The molecule has 1 N–H and O–H groups in total. The van der Waals surface area contributed by atoms with Crippen molar-refractivity contribution in [3.8, 4) is 0 Å². The zero-order valence-corrected chi connectivity index (χ0v) is 10.8. The first-order chi connectivity index (χ1) is 8.66. The lowest BCUT2D eigenvalue weighted by atomic mass is 10.2. The average molecular weight is 265 g/mol. The van der Waals surface area contributed by atoms with Crippen molar-refractivity contribution >= 4 is 23.2 Å². The number of amides is 1. The maximum Gasteiger partial charge on any atom is 0.307 e. The van der Waals surface area contributed by atoms with Gasteiger partial charge in [0, 0.05) is 18.0 Å². The molecule has 0 spiro atoms. The summed E-state index contributed by atoms with van der Waals surface area (Å²) in [6.07, 6.45) is 2.52. The van der Waals surface area contributed by atoms with E-state index in [1.807, 2.05) is 4.90 Å². The third-order valence-corrected chi connectivity index (χ3v) is 4.79. The Kier molecular flexibility index (Phi) is 2.86. The molecule has 0 radical (unpaired) electrons. The van der Waals surface area contributed by atoms with Crippen LogP contribution in [0.1, 0.15) is 23.3 Å². The molecule has 4 nitrogen and oxygen atoms in total. The van der Waals surface area contributed by atoms with Crippen LogP contribution in [0.2, 0.25) is 0 Å². The van der Waals surface area contributed by atoms with Gasteiger partial charge in [-0.25, -0.2) is 0 Å². The van der Waals surface area contributed by atoms with Gasteiger partial charge in [-0.2, -0.15) is 0 Å². The van der Waals surface area contributed by atoms with E-state index >= 15 is 0 Å². The Morgan fingerprint density at radius 2 is 2.22 bits per heavy atom. The lowest BCUT2D eigenvalue weighted by Crippen LogP contribution is -2.32. The number of nitrogens with zero attached hydrogens (tertiary/aromatic N) is 1. The Morgan fingerprint density at radius 1 is 1.39 bits per heavy atom. The number of hydrogen-bond donors (Lipinski definition) is 1. The van der Waals surface area contributed by atoms with Gasteiger partial charge in [-0.05, 0) is 36.3 Å². The highest BCUT2D eigenvalue weighted by atomic mass is 32.1. The summed E-state index contributed by atoms with van der Waals surface area (Å²) in [6.45, 7) is 1.41. The molecule has 2 unspecified atom stereocenters. The number of thiophene rings is 1. The summed E-state index contributed by atoms with van der Waals surface area (Å²) in [6, 6.07) is 2.08. The maximum absolute atomic E-state index is 12.2. The maximum atomic E-state index is 12.2. The average Bonchev–Trinajstić information content (AvgIpc) is 3.08. The second-order valence-electron chi connectivity index (χ2n) is 5.02. The van der Waals surface area contributed by atoms with Crippen LogP contribution in [0.5, 0.6) is 0 Å². The van der Waals surface area contributed by atoms with Crippen molar-refractivity contribution in [2.45, 2.75) is 25.8 Å². The topological polar surface area (TPSA) is 57.6 Å². The fraction of sp³-hybridized carbons (Fsp3) is 0.538. The second kappa shape index (κ2) is 4.39.